The van der Waals surface area contributed by atoms with Gasteiger partial charge in [-0.2, -0.15) is 0 Å². The number of fused-ring (bicyclic) bond motifs is 1. The lowest BCUT2D eigenvalue weighted by Gasteiger charge is -2.18. The van der Waals surface area contributed by atoms with E-state index in [2.05, 4.69) is 20.6 Å². The number of nitrogens with zero attached hydrogens (tertiary/aromatic N) is 1. The number of carbonyl (C=O) groups is 2. The fourth-order valence-electron chi connectivity index (χ4n) is 3.05. The number of aryl methyl sites for hydroxylation is 1. The van der Waals surface area contributed by atoms with Crippen molar-refractivity contribution in [2.45, 2.75) is 32.2 Å². The second-order valence-electron chi connectivity index (χ2n) is 6.52. The molecule has 1 heterocycles. The Kier molecular flexibility index (Phi) is 6.20. The number of H-pyrrole nitrogens is 1. The summed E-state index contributed by atoms with van der Waals surface area (Å²) in [5.41, 5.74) is 2.90. The molecule has 1 aromatic heterocycles. The minimum absolute atomic E-state index is 0.0813. The minimum atomic E-state index is -0.320. The standard InChI is InChI=1S/C21H24N4O2/c1-15(26)23-19(16-8-3-2-4-9-16)14-21(27)22-13-7-12-20-24-17-10-5-6-11-18(17)25-20/h2-6,8-11,19H,7,12-14H2,1H3,(H,22,27)(H,23,26)(H,24,25). The molecule has 3 N–H and O–H groups in total. The largest absolute Gasteiger partial charge is 0.356 e. The Balaban J connectivity index is 1.47. The van der Waals surface area contributed by atoms with Gasteiger partial charge in [0.1, 0.15) is 5.82 Å². The van der Waals surface area contributed by atoms with Crippen LogP contribution in [0.5, 0.6) is 0 Å². The highest BCUT2D eigenvalue weighted by molar-refractivity contribution is 5.79. The first-order chi connectivity index (χ1) is 13.1. The highest BCUT2D eigenvalue weighted by Gasteiger charge is 2.16. The van der Waals surface area contributed by atoms with Gasteiger partial charge < -0.3 is 15.6 Å². The molecule has 2 aromatic carbocycles. The maximum Gasteiger partial charge on any atom is 0.222 e. The average Bonchev–Trinajstić information content (AvgIpc) is 3.08. The van der Waals surface area contributed by atoms with E-state index in [-0.39, 0.29) is 24.3 Å². The van der Waals surface area contributed by atoms with Crippen molar-refractivity contribution in [3.8, 4) is 0 Å². The van der Waals surface area contributed by atoms with Gasteiger partial charge in [0, 0.05) is 19.9 Å². The fraction of sp³-hybridized carbons (Fsp3) is 0.286. The molecule has 0 aliphatic rings. The summed E-state index contributed by atoms with van der Waals surface area (Å²) in [5, 5.41) is 5.77. The molecule has 0 saturated carbocycles. The first kappa shape index (κ1) is 18.6. The molecule has 1 unspecified atom stereocenters. The number of imidazole rings is 1. The molecular formula is C21H24N4O2. The Bertz CT molecular complexity index is 872. The molecule has 1 atom stereocenters. The van der Waals surface area contributed by atoms with Crippen LogP contribution in [-0.2, 0) is 16.0 Å². The predicted molar refractivity (Wildman–Crippen MR) is 105 cm³/mol. The Morgan fingerprint density at radius 1 is 1.07 bits per heavy atom. The molecule has 27 heavy (non-hydrogen) atoms. The predicted octanol–water partition coefficient (Wildman–Crippen LogP) is 2.88. The summed E-state index contributed by atoms with van der Waals surface area (Å²) in [6, 6.07) is 17.1. The van der Waals surface area contributed by atoms with E-state index >= 15 is 0 Å². The molecule has 3 rings (SSSR count). The zero-order valence-electron chi connectivity index (χ0n) is 15.4. The maximum absolute atomic E-state index is 12.3. The Morgan fingerprint density at radius 3 is 2.56 bits per heavy atom. The monoisotopic (exact) mass is 364 g/mol. The number of benzene rings is 2. The van der Waals surface area contributed by atoms with E-state index < -0.39 is 0 Å². The van der Waals surface area contributed by atoms with Crippen LogP contribution >= 0.6 is 0 Å². The average molecular weight is 364 g/mol. The zero-order chi connectivity index (χ0) is 19.1. The maximum atomic E-state index is 12.3. The van der Waals surface area contributed by atoms with Gasteiger partial charge in [-0.05, 0) is 24.1 Å². The molecule has 3 aromatic rings. The van der Waals surface area contributed by atoms with Gasteiger partial charge in [-0.25, -0.2) is 4.98 Å². The number of hydrogen-bond acceptors (Lipinski definition) is 3. The van der Waals surface area contributed by atoms with E-state index in [0.29, 0.717) is 6.54 Å². The van der Waals surface area contributed by atoms with Gasteiger partial charge in [0.25, 0.3) is 0 Å². The molecule has 0 radical (unpaired) electrons. The van der Waals surface area contributed by atoms with E-state index in [0.717, 1.165) is 35.3 Å². The lowest BCUT2D eigenvalue weighted by atomic mass is 10.0. The number of rotatable bonds is 8. The van der Waals surface area contributed by atoms with Crippen LogP contribution < -0.4 is 10.6 Å². The van der Waals surface area contributed by atoms with Gasteiger partial charge in [-0.15, -0.1) is 0 Å². The first-order valence-electron chi connectivity index (χ1n) is 9.14. The smallest absolute Gasteiger partial charge is 0.222 e. The van der Waals surface area contributed by atoms with Crippen molar-refractivity contribution in [2.75, 3.05) is 6.54 Å². The van der Waals surface area contributed by atoms with E-state index in [1.807, 2.05) is 54.6 Å². The Hall–Kier alpha value is -3.15. The summed E-state index contributed by atoms with van der Waals surface area (Å²) >= 11 is 0. The number of amides is 2. The van der Waals surface area contributed by atoms with E-state index in [4.69, 9.17) is 0 Å². The lowest BCUT2D eigenvalue weighted by molar-refractivity contribution is -0.122. The summed E-state index contributed by atoms with van der Waals surface area (Å²) in [6.07, 6.45) is 1.78. The molecule has 2 amide bonds. The normalized spacial score (nSPS) is 11.9. The number of para-hydroxylation sites is 2. The summed E-state index contributed by atoms with van der Waals surface area (Å²) in [5.74, 6) is 0.689. The molecule has 0 bridgehead atoms. The second kappa shape index (κ2) is 8.98. The number of aromatic nitrogens is 2. The number of nitrogens with one attached hydrogen (secondary N) is 3. The Labute approximate surface area is 158 Å². The molecule has 0 saturated heterocycles. The van der Waals surface area contributed by atoms with Gasteiger partial charge >= 0.3 is 0 Å². The van der Waals surface area contributed by atoms with Gasteiger partial charge in [0.05, 0.1) is 23.5 Å². The van der Waals surface area contributed by atoms with Crippen LogP contribution in [0.4, 0.5) is 0 Å². The van der Waals surface area contributed by atoms with Crippen molar-refractivity contribution in [2.24, 2.45) is 0 Å². The van der Waals surface area contributed by atoms with E-state index in [9.17, 15) is 9.59 Å². The SMILES string of the molecule is CC(=O)NC(CC(=O)NCCCc1nc2ccccc2[nH]1)c1ccccc1. The van der Waals surface area contributed by atoms with Crippen molar-refractivity contribution in [1.82, 2.24) is 20.6 Å². The van der Waals surface area contributed by atoms with Gasteiger partial charge in [0.15, 0.2) is 0 Å². The van der Waals surface area contributed by atoms with Gasteiger partial charge in [0.2, 0.25) is 11.8 Å². The van der Waals surface area contributed by atoms with Crippen molar-refractivity contribution >= 4 is 22.8 Å². The molecule has 0 spiro atoms. The van der Waals surface area contributed by atoms with E-state index in [1.54, 1.807) is 0 Å². The van der Waals surface area contributed by atoms with Crippen molar-refractivity contribution in [3.63, 3.8) is 0 Å². The third-order valence-corrected chi connectivity index (χ3v) is 4.32. The number of aromatic amines is 1. The third kappa shape index (κ3) is 5.41. The highest BCUT2D eigenvalue weighted by atomic mass is 16.2. The molecule has 0 aliphatic heterocycles. The lowest BCUT2D eigenvalue weighted by Crippen LogP contribution is -2.33. The molecule has 6 heteroatoms. The molecule has 0 fully saturated rings. The van der Waals surface area contributed by atoms with Gasteiger partial charge in [-0.1, -0.05) is 42.5 Å². The van der Waals surface area contributed by atoms with E-state index in [1.165, 1.54) is 6.92 Å². The van der Waals surface area contributed by atoms with Crippen molar-refractivity contribution in [1.29, 1.82) is 0 Å². The molecule has 140 valence electrons. The summed E-state index contributed by atoms with van der Waals surface area (Å²) in [6.45, 7) is 2.03. The third-order valence-electron chi connectivity index (χ3n) is 4.32. The summed E-state index contributed by atoms with van der Waals surface area (Å²) in [4.78, 5) is 31.5. The van der Waals surface area contributed by atoms with Crippen LogP contribution in [0.1, 0.15) is 37.2 Å². The topological polar surface area (TPSA) is 86.9 Å². The van der Waals surface area contributed by atoms with Crippen LogP contribution in [0, 0.1) is 0 Å². The van der Waals surface area contributed by atoms with Crippen LogP contribution in [-0.4, -0.2) is 28.3 Å². The number of hydrogen-bond donors (Lipinski definition) is 3. The second-order valence-corrected chi connectivity index (χ2v) is 6.52. The van der Waals surface area contributed by atoms with Gasteiger partial charge in [-0.3, -0.25) is 9.59 Å². The zero-order valence-corrected chi connectivity index (χ0v) is 15.4. The first-order valence-corrected chi connectivity index (χ1v) is 9.14. The summed E-state index contributed by atoms with van der Waals surface area (Å²) in [7, 11) is 0. The van der Waals surface area contributed by atoms with Crippen molar-refractivity contribution < 1.29 is 9.59 Å². The molecular weight excluding hydrogens is 340 g/mol. The molecule has 0 aliphatic carbocycles. The number of carbonyl (C=O) groups excluding carboxylic acids is 2. The molecule has 6 nitrogen and oxygen atoms in total. The minimum Gasteiger partial charge on any atom is -0.356 e. The summed E-state index contributed by atoms with van der Waals surface area (Å²) < 4.78 is 0. The van der Waals surface area contributed by atoms with Crippen LogP contribution in [0.3, 0.4) is 0 Å². The Morgan fingerprint density at radius 2 is 1.81 bits per heavy atom. The fourth-order valence-corrected chi connectivity index (χ4v) is 3.05. The van der Waals surface area contributed by atoms with Crippen molar-refractivity contribution in [3.05, 3.63) is 66.0 Å². The van der Waals surface area contributed by atoms with Crippen LogP contribution in [0.15, 0.2) is 54.6 Å². The highest BCUT2D eigenvalue weighted by Crippen LogP contribution is 2.16. The quantitative estimate of drug-likeness (QED) is 0.537. The van der Waals surface area contributed by atoms with Crippen LogP contribution in [0.2, 0.25) is 0 Å². The van der Waals surface area contributed by atoms with Crippen LogP contribution in [0.25, 0.3) is 11.0 Å².